The largest absolute Gasteiger partial charge is 0.478 e. The Labute approximate surface area is 217 Å². The number of nitrogens with zero attached hydrogens (tertiary/aromatic N) is 4. The number of hydrogen-bond donors (Lipinski definition) is 2. The van der Waals surface area contributed by atoms with Crippen molar-refractivity contribution >= 4 is 27.6 Å². The molecule has 3 N–H and O–H groups in total. The minimum Gasteiger partial charge on any atom is -0.478 e. The molecule has 0 saturated carbocycles. The lowest BCUT2D eigenvalue weighted by atomic mass is 9.90. The number of rotatable bonds is 7. The lowest BCUT2D eigenvalue weighted by Crippen LogP contribution is -2.43. The Kier molecular flexibility index (Phi) is 7.09. The van der Waals surface area contributed by atoms with Crippen molar-refractivity contribution in [2.45, 2.75) is 51.6 Å². The van der Waals surface area contributed by atoms with E-state index in [4.69, 9.17) is 15.5 Å². The van der Waals surface area contributed by atoms with E-state index in [1.165, 1.54) is 18.2 Å². The number of aromatic nitrogens is 3. The number of anilines is 2. The number of carbonyl (C=O) groups is 1. The molecule has 37 heavy (non-hydrogen) atoms. The summed E-state index contributed by atoms with van der Waals surface area (Å²) in [6.45, 7) is 11.3. The molecular formula is C26H32N6O4S. The summed E-state index contributed by atoms with van der Waals surface area (Å²) in [5.74, 6) is 0.463. The van der Waals surface area contributed by atoms with Crippen molar-refractivity contribution < 1.29 is 17.9 Å². The highest BCUT2D eigenvalue weighted by molar-refractivity contribution is 7.90. The molecule has 3 aromatic heterocycles. The first-order valence-electron chi connectivity index (χ1n) is 12.1. The summed E-state index contributed by atoms with van der Waals surface area (Å²) in [6.07, 6.45) is 0.906. The van der Waals surface area contributed by atoms with Gasteiger partial charge in [-0.3, -0.25) is 4.79 Å². The van der Waals surface area contributed by atoms with Gasteiger partial charge >= 0.3 is 0 Å². The van der Waals surface area contributed by atoms with Crippen molar-refractivity contribution in [3.8, 4) is 17.3 Å². The Morgan fingerprint density at radius 2 is 1.84 bits per heavy atom. The fourth-order valence-corrected chi connectivity index (χ4v) is 5.27. The van der Waals surface area contributed by atoms with Crippen LogP contribution in [0.25, 0.3) is 11.4 Å². The van der Waals surface area contributed by atoms with Crippen molar-refractivity contribution in [3.05, 3.63) is 53.6 Å². The van der Waals surface area contributed by atoms with E-state index in [1.54, 1.807) is 12.1 Å². The van der Waals surface area contributed by atoms with Gasteiger partial charge in [0.2, 0.25) is 5.88 Å². The molecule has 1 aliphatic rings. The van der Waals surface area contributed by atoms with Gasteiger partial charge in [0.15, 0.2) is 5.03 Å². The fourth-order valence-electron chi connectivity index (χ4n) is 4.33. The van der Waals surface area contributed by atoms with E-state index < -0.39 is 15.9 Å². The standard InChI is InChI=1S/C26H32N6O4S/c1-6-36-25-16(2)10-12-20(29-25)19-13-11-18(23(28-19)32-15-14-17(3)26(32,4)5)24(33)31-37(34,35)22-9-7-8-21(27)30-22/h7-13,17H,6,14-15H2,1-5H3,(H2,27,30)(H,31,33). The highest BCUT2D eigenvalue weighted by atomic mass is 32.2. The van der Waals surface area contributed by atoms with Gasteiger partial charge in [0.05, 0.1) is 23.6 Å². The number of pyridine rings is 3. The third-order valence-corrected chi connectivity index (χ3v) is 8.14. The maximum atomic E-state index is 13.4. The number of sulfonamides is 1. The van der Waals surface area contributed by atoms with Gasteiger partial charge in [0.1, 0.15) is 11.6 Å². The quantitative estimate of drug-likeness (QED) is 0.474. The number of carbonyl (C=O) groups excluding carboxylic acids is 1. The third-order valence-electron chi connectivity index (χ3n) is 6.90. The molecule has 1 unspecified atom stereocenters. The van der Waals surface area contributed by atoms with Crippen LogP contribution >= 0.6 is 0 Å². The maximum Gasteiger partial charge on any atom is 0.281 e. The van der Waals surface area contributed by atoms with E-state index in [2.05, 4.69) is 40.4 Å². The van der Waals surface area contributed by atoms with Crippen LogP contribution in [-0.4, -0.2) is 48.0 Å². The molecule has 1 fully saturated rings. The molecule has 10 nitrogen and oxygen atoms in total. The summed E-state index contributed by atoms with van der Waals surface area (Å²) in [5.41, 5.74) is 7.49. The lowest BCUT2D eigenvalue weighted by molar-refractivity contribution is 0.0981. The highest BCUT2D eigenvalue weighted by Crippen LogP contribution is 2.39. The molecule has 0 spiro atoms. The Balaban J connectivity index is 1.78. The molecular weight excluding hydrogens is 492 g/mol. The van der Waals surface area contributed by atoms with Crippen LogP contribution in [0.3, 0.4) is 0 Å². The number of hydrogen-bond acceptors (Lipinski definition) is 9. The molecule has 11 heteroatoms. The van der Waals surface area contributed by atoms with Crippen LogP contribution in [0.2, 0.25) is 0 Å². The number of aryl methyl sites for hydroxylation is 1. The maximum absolute atomic E-state index is 13.4. The van der Waals surface area contributed by atoms with Crippen LogP contribution in [-0.2, 0) is 10.0 Å². The molecule has 0 aromatic carbocycles. The van der Waals surface area contributed by atoms with Gasteiger partial charge in [-0.25, -0.2) is 19.7 Å². The predicted octanol–water partition coefficient (Wildman–Crippen LogP) is 3.57. The van der Waals surface area contributed by atoms with Crippen LogP contribution in [0.5, 0.6) is 5.88 Å². The summed E-state index contributed by atoms with van der Waals surface area (Å²) in [7, 11) is -4.25. The van der Waals surface area contributed by atoms with Crippen LogP contribution in [0.1, 0.15) is 50.0 Å². The zero-order chi connectivity index (χ0) is 27.0. The Morgan fingerprint density at radius 1 is 1.14 bits per heavy atom. The van der Waals surface area contributed by atoms with Gasteiger partial charge in [0, 0.05) is 17.6 Å². The summed E-state index contributed by atoms with van der Waals surface area (Å²) in [5, 5.41) is -0.339. The SMILES string of the molecule is CCOc1nc(-c2ccc(C(=O)NS(=O)(=O)c3cccc(N)n3)c(N3CCC(C)C3(C)C)n2)ccc1C. The molecule has 1 aliphatic heterocycles. The van der Waals surface area contributed by atoms with Crippen LogP contribution in [0, 0.1) is 12.8 Å². The van der Waals surface area contributed by atoms with E-state index in [0.717, 1.165) is 12.0 Å². The van der Waals surface area contributed by atoms with E-state index in [1.807, 2.05) is 26.0 Å². The Morgan fingerprint density at radius 3 is 2.49 bits per heavy atom. The van der Waals surface area contributed by atoms with Crippen LogP contribution < -0.4 is 20.1 Å². The monoisotopic (exact) mass is 524 g/mol. The molecule has 4 rings (SSSR count). The minimum atomic E-state index is -4.25. The van der Waals surface area contributed by atoms with Gasteiger partial charge < -0.3 is 15.4 Å². The lowest BCUT2D eigenvalue weighted by Gasteiger charge is -2.36. The average Bonchev–Trinajstić information content (AvgIpc) is 3.11. The average molecular weight is 525 g/mol. The summed E-state index contributed by atoms with van der Waals surface area (Å²) in [4.78, 5) is 28.7. The topological polar surface area (TPSA) is 140 Å². The van der Waals surface area contributed by atoms with Gasteiger partial charge in [-0.05, 0) is 70.4 Å². The van der Waals surface area contributed by atoms with Crippen molar-refractivity contribution in [3.63, 3.8) is 0 Å². The highest BCUT2D eigenvalue weighted by Gasteiger charge is 2.41. The molecule has 0 bridgehead atoms. The second-order valence-corrected chi connectivity index (χ2v) is 11.3. The van der Waals surface area contributed by atoms with Crippen molar-refractivity contribution in [2.75, 3.05) is 23.8 Å². The van der Waals surface area contributed by atoms with Crippen molar-refractivity contribution in [2.24, 2.45) is 5.92 Å². The zero-order valence-corrected chi connectivity index (χ0v) is 22.5. The number of nitrogen functional groups attached to an aromatic ring is 1. The van der Waals surface area contributed by atoms with E-state index >= 15 is 0 Å². The first-order valence-corrected chi connectivity index (χ1v) is 13.6. The number of nitrogens with one attached hydrogen (secondary N) is 1. The Bertz CT molecular complexity index is 1440. The summed E-state index contributed by atoms with van der Waals surface area (Å²) >= 11 is 0. The third kappa shape index (κ3) is 5.22. The molecule has 1 amide bonds. The summed E-state index contributed by atoms with van der Waals surface area (Å²) < 4.78 is 33.6. The molecule has 0 aliphatic carbocycles. The first-order chi connectivity index (χ1) is 17.4. The van der Waals surface area contributed by atoms with Gasteiger partial charge in [-0.1, -0.05) is 19.1 Å². The van der Waals surface area contributed by atoms with Gasteiger partial charge in [-0.15, -0.1) is 0 Å². The van der Waals surface area contributed by atoms with Crippen LogP contribution in [0.15, 0.2) is 47.5 Å². The second kappa shape index (κ2) is 9.97. The normalized spacial score (nSPS) is 17.0. The van der Waals surface area contributed by atoms with Gasteiger partial charge in [-0.2, -0.15) is 8.42 Å². The molecule has 1 atom stereocenters. The number of ether oxygens (including phenoxy) is 1. The predicted molar refractivity (Wildman–Crippen MR) is 142 cm³/mol. The Hall–Kier alpha value is -3.73. The molecule has 3 aromatic rings. The van der Waals surface area contributed by atoms with Crippen molar-refractivity contribution in [1.82, 2.24) is 19.7 Å². The first kappa shape index (κ1) is 26.3. The molecule has 1 saturated heterocycles. The van der Waals surface area contributed by atoms with E-state index in [9.17, 15) is 13.2 Å². The van der Waals surface area contributed by atoms with Crippen molar-refractivity contribution in [1.29, 1.82) is 0 Å². The molecule has 0 radical (unpaired) electrons. The zero-order valence-electron chi connectivity index (χ0n) is 21.6. The smallest absolute Gasteiger partial charge is 0.281 e. The summed E-state index contributed by atoms with van der Waals surface area (Å²) in [6, 6.07) is 11.2. The fraction of sp³-hybridized carbons (Fsp3) is 0.385. The molecule has 196 valence electrons. The van der Waals surface area contributed by atoms with Crippen LogP contribution in [0.4, 0.5) is 11.6 Å². The van der Waals surface area contributed by atoms with E-state index in [0.29, 0.717) is 42.2 Å². The molecule has 4 heterocycles. The van der Waals surface area contributed by atoms with Gasteiger partial charge in [0.25, 0.3) is 15.9 Å². The number of nitrogens with two attached hydrogens (primary N) is 1. The van der Waals surface area contributed by atoms with E-state index in [-0.39, 0.29) is 21.9 Å². The number of amides is 1. The second-order valence-electron chi connectivity index (χ2n) is 9.65. The minimum absolute atomic E-state index is 0.0341.